The fraction of sp³-hybridized carbons (Fsp3) is 0.533. The number of nitrogens with zero attached hydrogens (tertiary/aromatic N) is 1. The average molecular weight is 311 g/mol. The molecule has 2 rings (SSSR count). The largest absolute Gasteiger partial charge is 0.486 e. The first-order valence-electron chi connectivity index (χ1n) is 6.93. The number of hydrogen-bond donors (Lipinski definition) is 1. The molecule has 0 unspecified atom stereocenters. The number of carboxylic acid groups (broad SMARTS) is 1. The van der Waals surface area contributed by atoms with Gasteiger partial charge in [-0.15, -0.1) is 11.8 Å². The summed E-state index contributed by atoms with van der Waals surface area (Å²) in [5, 5.41) is 9.04. The third-order valence-electron chi connectivity index (χ3n) is 3.39. The maximum Gasteiger partial charge on any atom is 0.317 e. The smallest absolute Gasteiger partial charge is 0.317 e. The topological polar surface area (TPSA) is 59.0 Å². The minimum Gasteiger partial charge on any atom is -0.486 e. The molecule has 6 heteroatoms. The van der Waals surface area contributed by atoms with Gasteiger partial charge in [0.05, 0.1) is 6.54 Å². The Balaban J connectivity index is 2.26. The van der Waals surface area contributed by atoms with Gasteiger partial charge in [0, 0.05) is 17.5 Å². The van der Waals surface area contributed by atoms with E-state index < -0.39 is 5.97 Å². The van der Waals surface area contributed by atoms with Gasteiger partial charge in [-0.1, -0.05) is 0 Å². The number of hydrogen-bond acceptors (Lipinski definition) is 5. The van der Waals surface area contributed by atoms with Gasteiger partial charge in [-0.05, 0) is 37.8 Å². The number of ether oxygens (including phenoxy) is 2. The number of rotatable bonds is 6. The molecule has 0 bridgehead atoms. The molecule has 0 saturated heterocycles. The molecule has 5 nitrogen and oxygen atoms in total. The molecule has 0 aliphatic carbocycles. The molecule has 0 aromatic heterocycles. The van der Waals surface area contributed by atoms with Crippen LogP contribution in [0, 0.1) is 0 Å². The summed E-state index contributed by atoms with van der Waals surface area (Å²) in [5.41, 5.74) is 1.07. The minimum atomic E-state index is -0.813. The molecule has 1 aliphatic rings. The van der Waals surface area contributed by atoms with Crippen LogP contribution in [0.2, 0.25) is 0 Å². The van der Waals surface area contributed by atoms with Crippen molar-refractivity contribution >= 4 is 17.7 Å². The number of carbonyl (C=O) groups is 1. The second kappa shape index (κ2) is 7.04. The van der Waals surface area contributed by atoms with Crippen molar-refractivity contribution in [3.05, 3.63) is 17.7 Å². The van der Waals surface area contributed by atoms with Gasteiger partial charge in [-0.2, -0.15) is 0 Å². The molecular weight excluding hydrogens is 290 g/mol. The molecule has 0 atom stereocenters. The van der Waals surface area contributed by atoms with E-state index >= 15 is 0 Å². The zero-order chi connectivity index (χ0) is 15.4. The van der Waals surface area contributed by atoms with Gasteiger partial charge in [-0.3, -0.25) is 9.69 Å². The van der Waals surface area contributed by atoms with Crippen LogP contribution in [0.25, 0.3) is 0 Å². The normalized spacial score (nSPS) is 13.8. The fourth-order valence-electron chi connectivity index (χ4n) is 2.24. The molecule has 0 amide bonds. The highest BCUT2D eigenvalue weighted by atomic mass is 32.2. The second-order valence-electron chi connectivity index (χ2n) is 5.20. The standard InChI is InChI=1S/C15H21NO4S/c1-10(2)16(9-15(17)18)8-11-6-12-13(7-14(11)21-3)20-5-4-19-12/h6-7,10H,4-5,8-9H2,1-3H3,(H,17,18). The van der Waals surface area contributed by atoms with Crippen LogP contribution in [-0.4, -0.2) is 48.0 Å². The van der Waals surface area contributed by atoms with Crippen LogP contribution in [0.4, 0.5) is 0 Å². The molecule has 21 heavy (non-hydrogen) atoms. The minimum absolute atomic E-state index is 0.0277. The highest BCUT2D eigenvalue weighted by molar-refractivity contribution is 7.98. The van der Waals surface area contributed by atoms with E-state index in [1.54, 1.807) is 11.8 Å². The van der Waals surface area contributed by atoms with Crippen molar-refractivity contribution in [2.45, 2.75) is 31.3 Å². The van der Waals surface area contributed by atoms with E-state index in [1.165, 1.54) is 0 Å². The van der Waals surface area contributed by atoms with Crippen molar-refractivity contribution in [2.75, 3.05) is 26.0 Å². The zero-order valence-electron chi connectivity index (χ0n) is 12.6. The van der Waals surface area contributed by atoms with E-state index in [1.807, 2.05) is 37.1 Å². The first-order valence-corrected chi connectivity index (χ1v) is 8.16. The Morgan fingerprint density at radius 3 is 2.48 bits per heavy atom. The number of carboxylic acids is 1. The molecule has 1 aromatic rings. The number of fused-ring (bicyclic) bond motifs is 1. The summed E-state index contributed by atoms with van der Waals surface area (Å²) in [4.78, 5) is 14.0. The Morgan fingerprint density at radius 1 is 1.33 bits per heavy atom. The molecule has 0 spiro atoms. The third-order valence-corrected chi connectivity index (χ3v) is 4.21. The van der Waals surface area contributed by atoms with E-state index in [-0.39, 0.29) is 12.6 Å². The molecule has 116 valence electrons. The van der Waals surface area contributed by atoms with E-state index in [2.05, 4.69) is 0 Å². The Morgan fingerprint density at radius 2 is 1.95 bits per heavy atom. The molecule has 1 heterocycles. The van der Waals surface area contributed by atoms with E-state index in [4.69, 9.17) is 14.6 Å². The number of benzene rings is 1. The van der Waals surface area contributed by atoms with E-state index in [0.29, 0.717) is 19.8 Å². The van der Waals surface area contributed by atoms with E-state index in [9.17, 15) is 4.79 Å². The second-order valence-corrected chi connectivity index (χ2v) is 6.05. The van der Waals surface area contributed by atoms with Crippen LogP contribution in [-0.2, 0) is 11.3 Å². The van der Waals surface area contributed by atoms with Crippen LogP contribution in [0.15, 0.2) is 17.0 Å². The predicted molar refractivity (Wildman–Crippen MR) is 82.4 cm³/mol. The van der Waals surface area contributed by atoms with Gasteiger partial charge in [0.15, 0.2) is 11.5 Å². The van der Waals surface area contributed by atoms with Gasteiger partial charge >= 0.3 is 5.97 Å². The Kier molecular flexibility index (Phi) is 5.36. The highest BCUT2D eigenvalue weighted by Crippen LogP contribution is 2.37. The molecule has 1 aliphatic heterocycles. The van der Waals surface area contributed by atoms with Gasteiger partial charge in [0.2, 0.25) is 0 Å². The number of thioether (sulfide) groups is 1. The van der Waals surface area contributed by atoms with Crippen molar-refractivity contribution in [2.24, 2.45) is 0 Å². The first-order chi connectivity index (χ1) is 10.0. The zero-order valence-corrected chi connectivity index (χ0v) is 13.4. The Bertz CT molecular complexity index is 519. The van der Waals surface area contributed by atoms with Crippen molar-refractivity contribution in [3.8, 4) is 11.5 Å². The summed E-state index contributed by atoms with van der Waals surface area (Å²) in [6.45, 7) is 5.72. The number of aliphatic carboxylic acids is 1. The summed E-state index contributed by atoms with van der Waals surface area (Å²) in [6, 6.07) is 4.11. The van der Waals surface area contributed by atoms with Crippen molar-refractivity contribution in [3.63, 3.8) is 0 Å². The first kappa shape index (κ1) is 16.0. The Labute approximate surface area is 129 Å². The van der Waals surface area contributed by atoms with Crippen molar-refractivity contribution < 1.29 is 19.4 Å². The van der Waals surface area contributed by atoms with Crippen LogP contribution in [0.3, 0.4) is 0 Å². The van der Waals surface area contributed by atoms with Gasteiger partial charge < -0.3 is 14.6 Å². The summed E-state index contributed by atoms with van der Waals surface area (Å²) in [6.07, 6.45) is 2.01. The van der Waals surface area contributed by atoms with Crippen molar-refractivity contribution in [1.29, 1.82) is 0 Å². The summed E-state index contributed by atoms with van der Waals surface area (Å²) in [5.74, 6) is 0.698. The quantitative estimate of drug-likeness (QED) is 0.815. The summed E-state index contributed by atoms with van der Waals surface area (Å²) in [7, 11) is 0. The molecule has 1 aromatic carbocycles. The van der Waals surface area contributed by atoms with Crippen LogP contribution >= 0.6 is 11.8 Å². The summed E-state index contributed by atoms with van der Waals surface area (Å²) < 4.78 is 11.2. The maximum atomic E-state index is 11.0. The lowest BCUT2D eigenvalue weighted by atomic mass is 10.1. The van der Waals surface area contributed by atoms with Gasteiger partial charge in [-0.25, -0.2) is 0 Å². The molecule has 0 fully saturated rings. The third kappa shape index (κ3) is 4.04. The Hall–Kier alpha value is -1.40. The maximum absolute atomic E-state index is 11.0. The van der Waals surface area contributed by atoms with Crippen LogP contribution < -0.4 is 9.47 Å². The van der Waals surface area contributed by atoms with Gasteiger partial charge in [0.25, 0.3) is 0 Å². The predicted octanol–water partition coefficient (Wildman–Crippen LogP) is 2.47. The summed E-state index contributed by atoms with van der Waals surface area (Å²) >= 11 is 1.63. The SMILES string of the molecule is CSc1cc2c(cc1CN(CC(=O)O)C(C)C)OCCO2. The molecule has 1 N–H and O–H groups in total. The molecular formula is C15H21NO4S. The van der Waals surface area contributed by atoms with Crippen LogP contribution in [0.1, 0.15) is 19.4 Å². The highest BCUT2D eigenvalue weighted by Gasteiger charge is 2.19. The average Bonchev–Trinajstić information content (AvgIpc) is 2.45. The molecule has 0 radical (unpaired) electrons. The van der Waals surface area contributed by atoms with Gasteiger partial charge in [0.1, 0.15) is 13.2 Å². The lowest BCUT2D eigenvalue weighted by molar-refractivity contribution is -0.138. The lowest BCUT2D eigenvalue weighted by Crippen LogP contribution is -2.35. The van der Waals surface area contributed by atoms with E-state index in [0.717, 1.165) is 22.0 Å². The van der Waals surface area contributed by atoms with Crippen molar-refractivity contribution in [1.82, 2.24) is 4.90 Å². The lowest BCUT2D eigenvalue weighted by Gasteiger charge is -2.27. The van der Waals surface area contributed by atoms with Crippen LogP contribution in [0.5, 0.6) is 11.5 Å². The fourth-order valence-corrected chi connectivity index (χ4v) is 2.85. The molecule has 0 saturated carbocycles. The monoisotopic (exact) mass is 311 g/mol.